The van der Waals surface area contributed by atoms with Gasteiger partial charge in [-0.05, 0) is 32.9 Å². The summed E-state index contributed by atoms with van der Waals surface area (Å²) in [6.45, 7) is 6.02. The molecule has 0 fully saturated rings. The highest BCUT2D eigenvalue weighted by molar-refractivity contribution is 6.43. The lowest BCUT2D eigenvalue weighted by Crippen LogP contribution is -2.34. The molecule has 90 valence electrons. The first kappa shape index (κ1) is 12.1. The van der Waals surface area contributed by atoms with E-state index in [4.69, 9.17) is 16.8 Å². The average molecular weight is 252 g/mol. The SMILES string of the molecule is CC(=NO)C1=[N+](C)c2ccc(Cl)cc2C1(C)C. The van der Waals surface area contributed by atoms with Crippen molar-refractivity contribution in [3.8, 4) is 0 Å². The topological polar surface area (TPSA) is 35.6 Å². The summed E-state index contributed by atoms with van der Waals surface area (Å²) in [5.74, 6) is 0. The highest BCUT2D eigenvalue weighted by Gasteiger charge is 2.46. The molecule has 0 unspecified atom stereocenters. The van der Waals surface area contributed by atoms with E-state index in [1.165, 1.54) is 0 Å². The summed E-state index contributed by atoms with van der Waals surface area (Å²) in [6, 6.07) is 5.85. The van der Waals surface area contributed by atoms with Gasteiger partial charge in [-0.3, -0.25) is 0 Å². The Morgan fingerprint density at radius 1 is 1.41 bits per heavy atom. The van der Waals surface area contributed by atoms with Crippen LogP contribution < -0.4 is 0 Å². The lowest BCUT2D eigenvalue weighted by Gasteiger charge is -2.16. The maximum atomic E-state index is 8.99. The van der Waals surface area contributed by atoms with Crippen LogP contribution in [0.5, 0.6) is 0 Å². The second kappa shape index (κ2) is 3.84. The quantitative estimate of drug-likeness (QED) is 0.354. The zero-order chi connectivity index (χ0) is 12.8. The van der Waals surface area contributed by atoms with Gasteiger partial charge in [-0.1, -0.05) is 16.8 Å². The normalized spacial score (nSPS) is 18.5. The van der Waals surface area contributed by atoms with Crippen molar-refractivity contribution in [3.63, 3.8) is 0 Å². The van der Waals surface area contributed by atoms with Crippen LogP contribution in [0.15, 0.2) is 23.4 Å². The Kier molecular flexibility index (Phi) is 2.74. The Morgan fingerprint density at radius 2 is 2.06 bits per heavy atom. The van der Waals surface area contributed by atoms with E-state index in [9.17, 15) is 0 Å². The van der Waals surface area contributed by atoms with Crippen LogP contribution in [0.2, 0.25) is 5.02 Å². The van der Waals surface area contributed by atoms with E-state index in [1.807, 2.05) is 25.2 Å². The number of hydrogen-bond acceptors (Lipinski definition) is 2. The summed E-state index contributed by atoms with van der Waals surface area (Å²) in [6.07, 6.45) is 0. The van der Waals surface area contributed by atoms with Crippen LogP contribution in [-0.2, 0) is 5.41 Å². The van der Waals surface area contributed by atoms with Crippen LogP contribution in [0.1, 0.15) is 26.3 Å². The first-order valence-electron chi connectivity index (χ1n) is 5.50. The highest BCUT2D eigenvalue weighted by Crippen LogP contribution is 2.40. The zero-order valence-electron chi connectivity index (χ0n) is 10.5. The first-order chi connectivity index (χ1) is 7.89. The van der Waals surface area contributed by atoms with Gasteiger partial charge in [0.05, 0.1) is 5.41 Å². The standard InChI is InChI=1S/C13H15ClN2O/c1-8(15-17)12-13(2,3)10-7-9(14)5-6-11(10)16(12)4/h5-7H,1-4H3/p+1. The van der Waals surface area contributed by atoms with Crippen molar-refractivity contribution in [2.24, 2.45) is 5.16 Å². The predicted octanol–water partition coefficient (Wildman–Crippen LogP) is 3.20. The highest BCUT2D eigenvalue weighted by atomic mass is 35.5. The molecule has 17 heavy (non-hydrogen) atoms. The summed E-state index contributed by atoms with van der Waals surface area (Å²) >= 11 is 6.05. The van der Waals surface area contributed by atoms with Crippen LogP contribution >= 0.6 is 11.6 Å². The second-order valence-corrected chi connectivity index (χ2v) is 5.32. The van der Waals surface area contributed by atoms with Gasteiger partial charge >= 0.3 is 0 Å². The van der Waals surface area contributed by atoms with E-state index in [0.29, 0.717) is 5.71 Å². The molecule has 3 nitrogen and oxygen atoms in total. The van der Waals surface area contributed by atoms with Crippen LogP contribution in [0.25, 0.3) is 0 Å². The van der Waals surface area contributed by atoms with Crippen molar-refractivity contribution in [2.45, 2.75) is 26.2 Å². The average Bonchev–Trinajstić information content (AvgIpc) is 2.46. The number of oxime groups is 1. The second-order valence-electron chi connectivity index (χ2n) is 4.88. The Balaban J connectivity index is 2.72. The fourth-order valence-corrected chi connectivity index (χ4v) is 2.88. The van der Waals surface area contributed by atoms with Crippen LogP contribution in [-0.4, -0.2) is 28.3 Å². The lowest BCUT2D eigenvalue weighted by molar-refractivity contribution is -0.400. The van der Waals surface area contributed by atoms with Crippen LogP contribution in [0.4, 0.5) is 5.69 Å². The summed E-state index contributed by atoms with van der Waals surface area (Å²) in [7, 11) is 1.98. The van der Waals surface area contributed by atoms with Gasteiger partial charge < -0.3 is 5.21 Å². The van der Waals surface area contributed by atoms with Crippen molar-refractivity contribution in [1.82, 2.24) is 0 Å². The van der Waals surface area contributed by atoms with Crippen molar-refractivity contribution in [3.05, 3.63) is 28.8 Å². The monoisotopic (exact) mass is 251 g/mol. The largest absolute Gasteiger partial charge is 0.410 e. The smallest absolute Gasteiger partial charge is 0.216 e. The maximum absolute atomic E-state index is 8.99. The predicted molar refractivity (Wildman–Crippen MR) is 70.2 cm³/mol. The molecular weight excluding hydrogens is 236 g/mol. The van der Waals surface area contributed by atoms with Crippen molar-refractivity contribution < 1.29 is 9.78 Å². The molecule has 0 saturated heterocycles. The summed E-state index contributed by atoms with van der Waals surface area (Å²) in [5.41, 5.74) is 3.69. The van der Waals surface area contributed by atoms with Gasteiger partial charge in [-0.15, -0.1) is 0 Å². The molecule has 1 aliphatic heterocycles. The van der Waals surface area contributed by atoms with Crippen molar-refractivity contribution in [2.75, 3.05) is 7.05 Å². The van der Waals surface area contributed by atoms with Gasteiger partial charge in [0.1, 0.15) is 12.8 Å². The van der Waals surface area contributed by atoms with Gasteiger partial charge in [0.15, 0.2) is 0 Å². The maximum Gasteiger partial charge on any atom is 0.216 e. The molecule has 1 N–H and O–H groups in total. The van der Waals surface area contributed by atoms with Gasteiger partial charge in [-0.25, -0.2) is 0 Å². The molecule has 1 aromatic rings. The fraction of sp³-hybridized carbons (Fsp3) is 0.385. The van der Waals surface area contributed by atoms with E-state index < -0.39 is 0 Å². The van der Waals surface area contributed by atoms with Crippen LogP contribution in [0.3, 0.4) is 0 Å². The minimum atomic E-state index is -0.203. The summed E-state index contributed by atoms with van der Waals surface area (Å²) < 4.78 is 2.06. The minimum Gasteiger partial charge on any atom is -0.410 e. The zero-order valence-corrected chi connectivity index (χ0v) is 11.2. The molecule has 1 aliphatic rings. The Bertz CT molecular complexity index is 544. The van der Waals surface area contributed by atoms with Gasteiger partial charge in [0.25, 0.3) is 0 Å². The van der Waals surface area contributed by atoms with E-state index in [0.717, 1.165) is 22.0 Å². The Labute approximate surface area is 106 Å². The molecule has 0 atom stereocenters. The minimum absolute atomic E-state index is 0.203. The van der Waals surface area contributed by atoms with Crippen molar-refractivity contribution >= 4 is 28.7 Å². The summed E-state index contributed by atoms with van der Waals surface area (Å²) in [4.78, 5) is 0. The number of benzene rings is 1. The number of rotatable bonds is 1. The van der Waals surface area contributed by atoms with Gasteiger partial charge in [0, 0.05) is 16.7 Å². The molecular formula is C13H16ClN2O+. The molecule has 4 heteroatoms. The first-order valence-corrected chi connectivity index (χ1v) is 5.87. The number of fused-ring (bicyclic) bond motifs is 1. The lowest BCUT2D eigenvalue weighted by atomic mass is 9.80. The Morgan fingerprint density at radius 3 is 2.65 bits per heavy atom. The Hall–Kier alpha value is -1.35. The molecule has 0 aromatic heterocycles. The molecule has 0 aliphatic carbocycles. The fourth-order valence-electron chi connectivity index (χ4n) is 2.71. The van der Waals surface area contributed by atoms with E-state index >= 15 is 0 Å². The molecule has 0 radical (unpaired) electrons. The molecule has 0 amide bonds. The van der Waals surface area contributed by atoms with Crippen molar-refractivity contribution in [1.29, 1.82) is 0 Å². The third-order valence-electron chi connectivity index (χ3n) is 3.41. The molecule has 0 bridgehead atoms. The van der Waals surface area contributed by atoms with Gasteiger partial charge in [-0.2, -0.15) is 4.58 Å². The number of nitrogens with zero attached hydrogens (tertiary/aromatic N) is 2. The van der Waals surface area contributed by atoms with E-state index in [-0.39, 0.29) is 5.41 Å². The third-order valence-corrected chi connectivity index (χ3v) is 3.65. The molecule has 0 saturated carbocycles. The third kappa shape index (κ3) is 1.65. The number of halogens is 1. The molecule has 0 spiro atoms. The summed E-state index contributed by atoms with van der Waals surface area (Å²) in [5, 5.41) is 13.0. The van der Waals surface area contributed by atoms with E-state index in [1.54, 1.807) is 6.92 Å². The van der Waals surface area contributed by atoms with Crippen LogP contribution in [0, 0.1) is 0 Å². The van der Waals surface area contributed by atoms with E-state index in [2.05, 4.69) is 23.6 Å². The molecule has 1 heterocycles. The number of hydrogen-bond donors (Lipinski definition) is 1. The van der Waals surface area contributed by atoms with Gasteiger partial charge in [0.2, 0.25) is 11.4 Å². The molecule has 2 rings (SSSR count). The molecule has 1 aromatic carbocycles.